The van der Waals surface area contributed by atoms with Crippen LogP contribution in [0.4, 0.5) is 0 Å². The molecule has 1 saturated heterocycles. The van der Waals surface area contributed by atoms with Crippen LogP contribution in [0.1, 0.15) is 46.0 Å². The lowest BCUT2D eigenvalue weighted by Gasteiger charge is -2.43. The minimum Gasteiger partial charge on any atom is -0.383 e. The molecule has 18 heavy (non-hydrogen) atoms. The molecule has 1 N–H and O–H groups in total. The molecule has 0 radical (unpaired) electrons. The second-order valence-electron chi connectivity index (χ2n) is 6.31. The third-order valence-electron chi connectivity index (χ3n) is 4.63. The number of piperidine rings is 1. The first-order chi connectivity index (χ1) is 8.72. The van der Waals surface area contributed by atoms with Gasteiger partial charge in [-0.15, -0.1) is 0 Å². The molecule has 1 aliphatic carbocycles. The fourth-order valence-corrected chi connectivity index (χ4v) is 3.78. The number of fused-ring (bicyclic) bond motifs is 1. The van der Waals surface area contributed by atoms with E-state index in [2.05, 4.69) is 24.1 Å². The molecule has 1 saturated carbocycles. The number of likely N-dealkylation sites (tertiary alicyclic amines) is 1. The number of methoxy groups -OCH3 is 1. The minimum atomic E-state index is 0.559. The predicted molar refractivity (Wildman–Crippen MR) is 75.9 cm³/mol. The molecule has 0 aromatic carbocycles. The maximum atomic E-state index is 5.46. The quantitative estimate of drug-likeness (QED) is 0.787. The van der Waals surface area contributed by atoms with Gasteiger partial charge in [-0.25, -0.2) is 0 Å². The highest BCUT2D eigenvalue weighted by molar-refractivity contribution is 4.92. The molecule has 1 aliphatic heterocycles. The van der Waals surface area contributed by atoms with Gasteiger partial charge in [0.25, 0.3) is 0 Å². The summed E-state index contributed by atoms with van der Waals surface area (Å²) >= 11 is 0. The Labute approximate surface area is 112 Å². The van der Waals surface area contributed by atoms with Crippen LogP contribution in [-0.4, -0.2) is 49.8 Å². The topological polar surface area (TPSA) is 24.5 Å². The Balaban J connectivity index is 1.94. The minimum absolute atomic E-state index is 0.559. The Morgan fingerprint density at radius 1 is 1.22 bits per heavy atom. The summed E-state index contributed by atoms with van der Waals surface area (Å²) in [6.07, 6.45) is 7.13. The number of ether oxygens (including phenoxy) is 1. The second kappa shape index (κ2) is 6.88. The van der Waals surface area contributed by atoms with Gasteiger partial charge in [0.15, 0.2) is 0 Å². The summed E-state index contributed by atoms with van der Waals surface area (Å²) in [6.45, 7) is 7.64. The summed E-state index contributed by atoms with van der Waals surface area (Å²) < 4.78 is 5.46. The summed E-state index contributed by atoms with van der Waals surface area (Å²) in [7, 11) is 1.83. The third kappa shape index (κ3) is 3.46. The Morgan fingerprint density at radius 2 is 2.00 bits per heavy atom. The van der Waals surface area contributed by atoms with Gasteiger partial charge in [0.05, 0.1) is 6.61 Å². The van der Waals surface area contributed by atoms with Gasteiger partial charge in [0.1, 0.15) is 0 Å². The Kier molecular flexibility index (Phi) is 5.46. The zero-order valence-corrected chi connectivity index (χ0v) is 12.3. The number of nitrogens with one attached hydrogen (secondary N) is 1. The first-order valence-corrected chi connectivity index (χ1v) is 7.70. The van der Waals surface area contributed by atoms with Crippen LogP contribution in [0.25, 0.3) is 0 Å². The van der Waals surface area contributed by atoms with Crippen LogP contribution >= 0.6 is 0 Å². The molecule has 0 bridgehead atoms. The lowest BCUT2D eigenvalue weighted by Crippen LogP contribution is -2.54. The van der Waals surface area contributed by atoms with Crippen molar-refractivity contribution in [3.05, 3.63) is 0 Å². The highest BCUT2D eigenvalue weighted by Gasteiger charge is 2.37. The summed E-state index contributed by atoms with van der Waals surface area (Å²) in [5.41, 5.74) is 0. The van der Waals surface area contributed by atoms with Crippen molar-refractivity contribution in [1.82, 2.24) is 10.2 Å². The normalized spacial score (nSPS) is 30.7. The van der Waals surface area contributed by atoms with Gasteiger partial charge in [-0.1, -0.05) is 20.3 Å². The van der Waals surface area contributed by atoms with Crippen LogP contribution in [-0.2, 0) is 4.74 Å². The molecule has 3 nitrogen and oxygen atoms in total. The molecule has 0 aromatic rings. The Hall–Kier alpha value is -0.120. The monoisotopic (exact) mass is 254 g/mol. The third-order valence-corrected chi connectivity index (χ3v) is 4.63. The highest BCUT2D eigenvalue weighted by atomic mass is 16.5. The zero-order chi connectivity index (χ0) is 13.0. The van der Waals surface area contributed by atoms with Gasteiger partial charge in [0.2, 0.25) is 0 Å². The van der Waals surface area contributed by atoms with Crippen LogP contribution in [0.5, 0.6) is 0 Å². The van der Waals surface area contributed by atoms with Gasteiger partial charge >= 0.3 is 0 Å². The molecular formula is C15H30N2O. The maximum absolute atomic E-state index is 5.46. The van der Waals surface area contributed by atoms with Crippen molar-refractivity contribution < 1.29 is 4.74 Å². The zero-order valence-electron chi connectivity index (χ0n) is 12.3. The molecular weight excluding hydrogens is 224 g/mol. The van der Waals surface area contributed by atoms with Gasteiger partial charge < -0.3 is 10.1 Å². The first-order valence-electron chi connectivity index (χ1n) is 7.70. The van der Waals surface area contributed by atoms with E-state index in [1.54, 1.807) is 0 Å². The van der Waals surface area contributed by atoms with Gasteiger partial charge in [0, 0.05) is 31.8 Å². The van der Waals surface area contributed by atoms with Crippen LogP contribution in [0.3, 0.4) is 0 Å². The summed E-state index contributed by atoms with van der Waals surface area (Å²) in [5.74, 6) is 0.970. The molecule has 0 aromatic heterocycles. The molecule has 0 spiro atoms. The van der Waals surface area contributed by atoms with E-state index in [1.165, 1.54) is 38.6 Å². The molecule has 3 atom stereocenters. The number of nitrogens with zero attached hydrogens (tertiary/aromatic N) is 1. The standard InChI is InChI=1S/C15H30N2O/c1-12(2)16-10-14(11-18-3)17-9-5-7-13-6-4-8-15(13)17/h12-16H,4-11H2,1-3H3. The molecule has 1 heterocycles. The highest BCUT2D eigenvalue weighted by Crippen LogP contribution is 2.37. The average Bonchev–Trinajstić information content (AvgIpc) is 2.82. The van der Waals surface area contributed by atoms with E-state index in [0.717, 1.165) is 25.1 Å². The number of hydrogen-bond acceptors (Lipinski definition) is 3. The van der Waals surface area contributed by atoms with E-state index in [4.69, 9.17) is 4.74 Å². The molecule has 2 aliphatic rings. The molecule has 3 unspecified atom stereocenters. The van der Waals surface area contributed by atoms with Crippen molar-refractivity contribution in [3.63, 3.8) is 0 Å². The van der Waals surface area contributed by atoms with E-state index in [-0.39, 0.29) is 0 Å². The average molecular weight is 254 g/mol. The fraction of sp³-hybridized carbons (Fsp3) is 1.00. The van der Waals surface area contributed by atoms with Crippen LogP contribution < -0.4 is 5.32 Å². The maximum Gasteiger partial charge on any atom is 0.0630 e. The van der Waals surface area contributed by atoms with Crippen LogP contribution in [0.2, 0.25) is 0 Å². The lowest BCUT2D eigenvalue weighted by atomic mass is 9.90. The summed E-state index contributed by atoms with van der Waals surface area (Å²) in [6, 6.07) is 1.96. The Bertz CT molecular complexity index is 245. The molecule has 3 heteroatoms. The van der Waals surface area contributed by atoms with Gasteiger partial charge in [-0.05, 0) is 38.1 Å². The van der Waals surface area contributed by atoms with Gasteiger partial charge in [-0.2, -0.15) is 0 Å². The largest absolute Gasteiger partial charge is 0.383 e. The van der Waals surface area contributed by atoms with Crippen molar-refractivity contribution in [2.75, 3.05) is 26.8 Å². The van der Waals surface area contributed by atoms with E-state index >= 15 is 0 Å². The van der Waals surface area contributed by atoms with Crippen molar-refractivity contribution in [3.8, 4) is 0 Å². The van der Waals surface area contributed by atoms with Crippen molar-refractivity contribution in [2.24, 2.45) is 5.92 Å². The van der Waals surface area contributed by atoms with E-state index < -0.39 is 0 Å². The Morgan fingerprint density at radius 3 is 2.72 bits per heavy atom. The van der Waals surface area contributed by atoms with Crippen molar-refractivity contribution in [2.45, 2.75) is 64.1 Å². The van der Waals surface area contributed by atoms with Crippen LogP contribution in [0.15, 0.2) is 0 Å². The van der Waals surface area contributed by atoms with Crippen molar-refractivity contribution >= 4 is 0 Å². The first kappa shape index (κ1) is 14.3. The molecule has 0 amide bonds. The molecule has 106 valence electrons. The lowest BCUT2D eigenvalue weighted by molar-refractivity contribution is 0.0238. The number of hydrogen-bond donors (Lipinski definition) is 1. The molecule has 2 rings (SSSR count). The van der Waals surface area contributed by atoms with E-state index in [9.17, 15) is 0 Å². The molecule has 2 fully saturated rings. The number of rotatable bonds is 6. The predicted octanol–water partition coefficient (Wildman–Crippen LogP) is 2.26. The smallest absolute Gasteiger partial charge is 0.0630 e. The van der Waals surface area contributed by atoms with Gasteiger partial charge in [-0.3, -0.25) is 4.90 Å². The van der Waals surface area contributed by atoms with Crippen LogP contribution in [0, 0.1) is 5.92 Å². The summed E-state index contributed by atoms with van der Waals surface area (Å²) in [5, 5.41) is 3.59. The van der Waals surface area contributed by atoms with Crippen molar-refractivity contribution in [1.29, 1.82) is 0 Å². The summed E-state index contributed by atoms with van der Waals surface area (Å²) in [4.78, 5) is 2.75. The fourth-order valence-electron chi connectivity index (χ4n) is 3.78. The second-order valence-corrected chi connectivity index (χ2v) is 6.31. The van der Waals surface area contributed by atoms with E-state index in [1.807, 2.05) is 7.11 Å². The SMILES string of the molecule is COCC(CNC(C)C)N1CCCC2CCCC21. The van der Waals surface area contributed by atoms with E-state index in [0.29, 0.717) is 12.1 Å².